The minimum Gasteiger partial charge on any atom is -0.0622 e. The Bertz CT molecular complexity index is 1790. The zero-order valence-electron chi connectivity index (χ0n) is 20.3. The van der Waals surface area contributed by atoms with Gasteiger partial charge in [0, 0.05) is 9.89 Å². The van der Waals surface area contributed by atoms with Crippen LogP contribution in [0.1, 0.15) is 25.0 Å². The fourth-order valence-electron chi connectivity index (χ4n) is 6.09. The van der Waals surface area contributed by atoms with E-state index in [1.165, 1.54) is 70.5 Å². The standard InChI is InChI=1S/C35H25Br/c1-35(2)31-15-9-8-12-25(31)28-20-30-29(21-32(28)35)33(26-13-6-7-14-27(26)34(30)36)24-18-16-23(17-19-24)22-10-4-3-5-11-22/h3-21H,1-2H3. The average molecular weight is 525 g/mol. The Hall–Kier alpha value is -3.68. The summed E-state index contributed by atoms with van der Waals surface area (Å²) in [5.41, 5.74) is 10.5. The van der Waals surface area contributed by atoms with Crippen molar-refractivity contribution in [3.8, 4) is 33.4 Å². The van der Waals surface area contributed by atoms with Crippen LogP contribution in [-0.2, 0) is 5.41 Å². The van der Waals surface area contributed by atoms with E-state index in [0.717, 1.165) is 0 Å². The summed E-state index contributed by atoms with van der Waals surface area (Å²) in [6.07, 6.45) is 0. The molecular formula is C35H25Br. The molecule has 1 aliphatic carbocycles. The van der Waals surface area contributed by atoms with Gasteiger partial charge in [0.1, 0.15) is 0 Å². The lowest BCUT2D eigenvalue weighted by Gasteiger charge is -2.23. The Kier molecular flexibility index (Phi) is 4.75. The fourth-order valence-corrected chi connectivity index (χ4v) is 6.76. The van der Waals surface area contributed by atoms with Gasteiger partial charge in [0.25, 0.3) is 0 Å². The molecule has 6 aromatic rings. The maximum Gasteiger partial charge on any atom is 0.0332 e. The first-order valence-electron chi connectivity index (χ1n) is 12.5. The highest BCUT2D eigenvalue weighted by Gasteiger charge is 2.36. The first-order chi connectivity index (χ1) is 17.5. The molecule has 0 saturated heterocycles. The molecule has 6 aromatic carbocycles. The molecule has 0 fully saturated rings. The van der Waals surface area contributed by atoms with Gasteiger partial charge in [-0.25, -0.2) is 0 Å². The lowest BCUT2D eigenvalue weighted by atomic mass is 9.81. The highest BCUT2D eigenvalue weighted by molar-refractivity contribution is 9.10. The molecule has 0 radical (unpaired) electrons. The van der Waals surface area contributed by atoms with Crippen molar-refractivity contribution >= 4 is 37.5 Å². The molecule has 7 rings (SSSR count). The third-order valence-electron chi connectivity index (χ3n) is 7.94. The number of benzene rings is 6. The number of halogens is 1. The van der Waals surface area contributed by atoms with Gasteiger partial charge in [-0.15, -0.1) is 0 Å². The first kappa shape index (κ1) is 21.6. The van der Waals surface area contributed by atoms with Gasteiger partial charge >= 0.3 is 0 Å². The molecule has 0 N–H and O–H groups in total. The van der Waals surface area contributed by atoms with Crippen LogP contribution in [0.25, 0.3) is 54.9 Å². The van der Waals surface area contributed by atoms with E-state index in [-0.39, 0.29) is 5.41 Å². The molecule has 1 aliphatic rings. The summed E-state index contributed by atoms with van der Waals surface area (Å²) >= 11 is 4.01. The monoisotopic (exact) mass is 524 g/mol. The second-order valence-corrected chi connectivity index (χ2v) is 11.1. The number of hydrogen-bond donors (Lipinski definition) is 0. The van der Waals surface area contributed by atoms with E-state index in [1.807, 2.05) is 0 Å². The molecular weight excluding hydrogens is 500 g/mol. The summed E-state index contributed by atoms with van der Waals surface area (Å²) in [6, 6.07) is 42.2. The van der Waals surface area contributed by atoms with Gasteiger partial charge < -0.3 is 0 Å². The van der Waals surface area contributed by atoms with Gasteiger partial charge in [-0.1, -0.05) is 117 Å². The Morgan fingerprint density at radius 3 is 1.86 bits per heavy atom. The van der Waals surface area contributed by atoms with Crippen molar-refractivity contribution in [1.29, 1.82) is 0 Å². The molecule has 0 unspecified atom stereocenters. The van der Waals surface area contributed by atoms with Gasteiger partial charge in [0.2, 0.25) is 0 Å². The molecule has 0 spiro atoms. The summed E-state index contributed by atoms with van der Waals surface area (Å²) < 4.78 is 1.17. The molecule has 0 amide bonds. The maximum atomic E-state index is 4.01. The Morgan fingerprint density at radius 2 is 1.08 bits per heavy atom. The second kappa shape index (κ2) is 7.91. The highest BCUT2D eigenvalue weighted by atomic mass is 79.9. The van der Waals surface area contributed by atoms with Crippen LogP contribution in [0, 0.1) is 0 Å². The molecule has 0 aromatic heterocycles. The van der Waals surface area contributed by atoms with Crippen molar-refractivity contribution in [1.82, 2.24) is 0 Å². The van der Waals surface area contributed by atoms with E-state index in [2.05, 4.69) is 145 Å². The average Bonchev–Trinajstić information content (AvgIpc) is 3.15. The molecule has 0 heterocycles. The van der Waals surface area contributed by atoms with Crippen molar-refractivity contribution in [2.24, 2.45) is 0 Å². The van der Waals surface area contributed by atoms with Crippen LogP contribution < -0.4 is 0 Å². The summed E-state index contributed by atoms with van der Waals surface area (Å²) in [5.74, 6) is 0. The Labute approximate surface area is 220 Å². The van der Waals surface area contributed by atoms with Crippen LogP contribution in [0.4, 0.5) is 0 Å². The smallest absolute Gasteiger partial charge is 0.0332 e. The van der Waals surface area contributed by atoms with Gasteiger partial charge in [0.05, 0.1) is 0 Å². The molecule has 0 nitrogen and oxygen atoms in total. The van der Waals surface area contributed by atoms with Crippen molar-refractivity contribution in [3.05, 3.63) is 131 Å². The first-order valence-corrected chi connectivity index (χ1v) is 13.3. The normalized spacial score (nSPS) is 13.6. The highest BCUT2D eigenvalue weighted by Crippen LogP contribution is 2.52. The quantitative estimate of drug-likeness (QED) is 0.197. The van der Waals surface area contributed by atoms with Crippen LogP contribution in [0.3, 0.4) is 0 Å². The summed E-state index contributed by atoms with van der Waals surface area (Å²) in [7, 11) is 0. The molecule has 0 bridgehead atoms. The van der Waals surface area contributed by atoms with Crippen molar-refractivity contribution in [2.75, 3.05) is 0 Å². The summed E-state index contributed by atoms with van der Waals surface area (Å²) in [5, 5.41) is 5.09. The van der Waals surface area contributed by atoms with Crippen LogP contribution in [0.15, 0.2) is 120 Å². The lowest BCUT2D eigenvalue weighted by Crippen LogP contribution is -2.14. The molecule has 1 heteroatoms. The minimum atomic E-state index is -0.0350. The topological polar surface area (TPSA) is 0 Å². The second-order valence-electron chi connectivity index (χ2n) is 10.3. The fraction of sp³-hybridized carbons (Fsp3) is 0.0857. The minimum absolute atomic E-state index is 0.0350. The predicted octanol–water partition coefficient (Wildman–Crippen LogP) is 10.4. The van der Waals surface area contributed by atoms with Crippen molar-refractivity contribution < 1.29 is 0 Å². The van der Waals surface area contributed by atoms with E-state index < -0.39 is 0 Å². The van der Waals surface area contributed by atoms with Crippen LogP contribution in [0.5, 0.6) is 0 Å². The summed E-state index contributed by atoms with van der Waals surface area (Å²) in [4.78, 5) is 0. The largest absolute Gasteiger partial charge is 0.0622 e. The molecule has 0 saturated carbocycles. The van der Waals surface area contributed by atoms with Gasteiger partial charge in [-0.2, -0.15) is 0 Å². The molecule has 36 heavy (non-hydrogen) atoms. The third-order valence-corrected chi connectivity index (χ3v) is 8.80. The van der Waals surface area contributed by atoms with Crippen molar-refractivity contribution in [3.63, 3.8) is 0 Å². The third kappa shape index (κ3) is 3.06. The van der Waals surface area contributed by atoms with E-state index in [4.69, 9.17) is 0 Å². The predicted molar refractivity (Wildman–Crippen MR) is 158 cm³/mol. The van der Waals surface area contributed by atoms with Crippen LogP contribution in [-0.4, -0.2) is 0 Å². The number of rotatable bonds is 2. The SMILES string of the molecule is CC1(C)c2ccccc2-c2cc3c(Br)c4ccccc4c(-c4ccc(-c5ccccc5)cc4)c3cc21. The van der Waals surface area contributed by atoms with E-state index in [1.54, 1.807) is 0 Å². The lowest BCUT2D eigenvalue weighted by molar-refractivity contribution is 0.661. The Balaban J connectivity index is 1.54. The molecule has 0 atom stereocenters. The molecule has 0 aliphatic heterocycles. The van der Waals surface area contributed by atoms with Crippen molar-refractivity contribution in [2.45, 2.75) is 19.3 Å². The molecule has 172 valence electrons. The Morgan fingerprint density at radius 1 is 0.472 bits per heavy atom. The summed E-state index contributed by atoms with van der Waals surface area (Å²) in [6.45, 7) is 4.71. The van der Waals surface area contributed by atoms with Gasteiger partial charge in [0.15, 0.2) is 0 Å². The number of hydrogen-bond acceptors (Lipinski definition) is 0. The zero-order chi connectivity index (χ0) is 24.4. The van der Waals surface area contributed by atoms with Gasteiger partial charge in [-0.3, -0.25) is 0 Å². The zero-order valence-corrected chi connectivity index (χ0v) is 21.9. The van der Waals surface area contributed by atoms with E-state index in [0.29, 0.717) is 0 Å². The van der Waals surface area contributed by atoms with Crippen LogP contribution in [0.2, 0.25) is 0 Å². The van der Waals surface area contributed by atoms with E-state index >= 15 is 0 Å². The van der Waals surface area contributed by atoms with Gasteiger partial charge in [-0.05, 0) is 94.1 Å². The van der Waals surface area contributed by atoms with Crippen LogP contribution >= 0.6 is 15.9 Å². The maximum absolute atomic E-state index is 4.01. The van der Waals surface area contributed by atoms with E-state index in [9.17, 15) is 0 Å². The number of fused-ring (bicyclic) bond motifs is 5.